The number of hydrogen-bond donors (Lipinski definition) is 2. The fraction of sp³-hybridized carbons (Fsp3) is 0.941. The summed E-state index contributed by atoms with van der Waals surface area (Å²) in [4.78, 5) is 7.19. The van der Waals surface area contributed by atoms with Crippen molar-refractivity contribution in [2.45, 2.75) is 59.0 Å². The maximum Gasteiger partial charge on any atom is 0.191 e. The fourth-order valence-electron chi connectivity index (χ4n) is 2.80. The molecule has 1 atom stereocenters. The molecule has 2 N–H and O–H groups in total. The van der Waals surface area contributed by atoms with Crippen LogP contribution in [-0.2, 0) is 4.74 Å². The maximum absolute atomic E-state index is 5.62. The van der Waals surface area contributed by atoms with Crippen LogP contribution < -0.4 is 10.6 Å². The average Bonchev–Trinajstić information content (AvgIpc) is 3.02. The second-order valence-corrected chi connectivity index (χ2v) is 5.98. The van der Waals surface area contributed by atoms with Crippen LogP contribution in [0.15, 0.2) is 4.99 Å². The second-order valence-electron chi connectivity index (χ2n) is 5.98. The molecule has 23 heavy (non-hydrogen) atoms. The predicted octanol–water partition coefficient (Wildman–Crippen LogP) is 2.85. The summed E-state index contributed by atoms with van der Waals surface area (Å²) < 4.78 is 5.62. The molecule has 0 bridgehead atoms. The molecule has 0 aliphatic carbocycles. The number of nitrogens with one attached hydrogen (secondary N) is 2. The van der Waals surface area contributed by atoms with Gasteiger partial charge in [0, 0.05) is 19.7 Å². The Balaban J connectivity index is 0.00000484. The third kappa shape index (κ3) is 11.2. The molecule has 1 fully saturated rings. The SMILES string of the molecule is CCCN(CCC)CCCNC(=NCC1CCCO1)NCC.I. The van der Waals surface area contributed by atoms with Gasteiger partial charge in [0.1, 0.15) is 0 Å². The molecule has 138 valence electrons. The number of nitrogens with zero attached hydrogens (tertiary/aromatic N) is 2. The van der Waals surface area contributed by atoms with Gasteiger partial charge in [-0.25, -0.2) is 0 Å². The van der Waals surface area contributed by atoms with Crippen LogP contribution in [-0.4, -0.2) is 62.8 Å². The zero-order chi connectivity index (χ0) is 16.0. The van der Waals surface area contributed by atoms with Crippen molar-refractivity contribution in [2.24, 2.45) is 4.99 Å². The van der Waals surface area contributed by atoms with Crippen molar-refractivity contribution >= 4 is 29.9 Å². The van der Waals surface area contributed by atoms with Crippen LogP contribution in [0, 0.1) is 0 Å². The van der Waals surface area contributed by atoms with E-state index in [1.165, 1.54) is 38.9 Å². The van der Waals surface area contributed by atoms with Crippen LogP contribution in [0.5, 0.6) is 0 Å². The van der Waals surface area contributed by atoms with E-state index in [1.54, 1.807) is 0 Å². The van der Waals surface area contributed by atoms with Gasteiger partial charge >= 0.3 is 0 Å². The summed E-state index contributed by atoms with van der Waals surface area (Å²) in [5, 5.41) is 6.76. The van der Waals surface area contributed by atoms with E-state index in [0.717, 1.165) is 45.0 Å². The van der Waals surface area contributed by atoms with Gasteiger partial charge in [-0.1, -0.05) is 13.8 Å². The fourth-order valence-corrected chi connectivity index (χ4v) is 2.80. The standard InChI is InChI=1S/C17H36N4O.HI/c1-4-11-21(12-5-2)13-8-10-19-17(18-6-3)20-15-16-9-7-14-22-16;/h16H,4-15H2,1-3H3,(H2,18,19,20);1H. The molecule has 1 aliphatic heterocycles. The zero-order valence-corrected chi connectivity index (χ0v) is 17.6. The maximum atomic E-state index is 5.62. The van der Waals surface area contributed by atoms with Crippen LogP contribution >= 0.6 is 24.0 Å². The number of hydrogen-bond acceptors (Lipinski definition) is 3. The van der Waals surface area contributed by atoms with Gasteiger partial charge in [0.2, 0.25) is 0 Å². The van der Waals surface area contributed by atoms with Crippen molar-refractivity contribution in [3.8, 4) is 0 Å². The molecule has 0 radical (unpaired) electrons. The molecule has 6 heteroatoms. The largest absolute Gasteiger partial charge is 0.376 e. The molecular weight excluding hydrogens is 403 g/mol. The molecule has 0 amide bonds. The molecular formula is C17H37IN4O. The lowest BCUT2D eigenvalue weighted by Crippen LogP contribution is -2.39. The van der Waals surface area contributed by atoms with E-state index in [9.17, 15) is 0 Å². The molecule has 0 aromatic heterocycles. The summed E-state index contributed by atoms with van der Waals surface area (Å²) in [6.07, 6.45) is 6.27. The minimum absolute atomic E-state index is 0. The predicted molar refractivity (Wildman–Crippen MR) is 110 cm³/mol. The highest BCUT2D eigenvalue weighted by Gasteiger charge is 2.14. The smallest absolute Gasteiger partial charge is 0.191 e. The van der Waals surface area contributed by atoms with E-state index in [1.807, 2.05) is 0 Å². The van der Waals surface area contributed by atoms with Gasteiger partial charge in [-0.15, -0.1) is 24.0 Å². The van der Waals surface area contributed by atoms with E-state index in [-0.39, 0.29) is 24.0 Å². The van der Waals surface area contributed by atoms with Crippen LogP contribution in [0.3, 0.4) is 0 Å². The van der Waals surface area contributed by atoms with Gasteiger partial charge in [0.25, 0.3) is 0 Å². The molecule has 1 aliphatic rings. The van der Waals surface area contributed by atoms with Gasteiger partial charge in [-0.2, -0.15) is 0 Å². The minimum Gasteiger partial charge on any atom is -0.376 e. The highest BCUT2D eigenvalue weighted by atomic mass is 127. The van der Waals surface area contributed by atoms with E-state index < -0.39 is 0 Å². The third-order valence-corrected chi connectivity index (χ3v) is 3.84. The Labute approximate surface area is 160 Å². The molecule has 1 unspecified atom stereocenters. The van der Waals surface area contributed by atoms with E-state index >= 15 is 0 Å². The van der Waals surface area contributed by atoms with Gasteiger partial charge in [0.05, 0.1) is 12.6 Å². The lowest BCUT2D eigenvalue weighted by Gasteiger charge is -2.21. The number of rotatable bonds is 11. The Bertz CT molecular complexity index is 290. The van der Waals surface area contributed by atoms with Gasteiger partial charge in [0.15, 0.2) is 5.96 Å². The van der Waals surface area contributed by atoms with Crippen molar-refractivity contribution in [3.05, 3.63) is 0 Å². The molecule has 0 aromatic carbocycles. The molecule has 0 aromatic rings. The summed E-state index contributed by atoms with van der Waals surface area (Å²) in [6.45, 7) is 13.7. The lowest BCUT2D eigenvalue weighted by molar-refractivity contribution is 0.117. The topological polar surface area (TPSA) is 48.9 Å². The quantitative estimate of drug-likeness (QED) is 0.225. The first-order chi connectivity index (χ1) is 10.8. The molecule has 1 rings (SSSR count). The summed E-state index contributed by atoms with van der Waals surface area (Å²) in [6, 6.07) is 0. The van der Waals surface area contributed by atoms with E-state index in [2.05, 4.69) is 41.3 Å². The first-order valence-corrected chi connectivity index (χ1v) is 9.16. The molecule has 1 saturated heterocycles. The minimum atomic E-state index is 0. The summed E-state index contributed by atoms with van der Waals surface area (Å²) in [5.41, 5.74) is 0. The van der Waals surface area contributed by atoms with Crippen molar-refractivity contribution in [2.75, 3.05) is 45.9 Å². The lowest BCUT2D eigenvalue weighted by atomic mass is 10.2. The average molecular weight is 440 g/mol. The van der Waals surface area contributed by atoms with Crippen molar-refractivity contribution in [1.82, 2.24) is 15.5 Å². The zero-order valence-electron chi connectivity index (χ0n) is 15.3. The Kier molecular flexibility index (Phi) is 15.4. The number of ether oxygens (including phenoxy) is 1. The Morgan fingerprint density at radius 2 is 1.87 bits per heavy atom. The summed E-state index contributed by atoms with van der Waals surface area (Å²) in [7, 11) is 0. The van der Waals surface area contributed by atoms with Crippen LogP contribution in [0.1, 0.15) is 52.9 Å². The number of guanidine groups is 1. The monoisotopic (exact) mass is 440 g/mol. The third-order valence-electron chi connectivity index (χ3n) is 3.84. The first kappa shape index (κ1) is 22.9. The molecule has 5 nitrogen and oxygen atoms in total. The summed E-state index contributed by atoms with van der Waals surface area (Å²) >= 11 is 0. The van der Waals surface area contributed by atoms with Gasteiger partial charge in [-0.05, 0) is 58.7 Å². The van der Waals surface area contributed by atoms with Crippen LogP contribution in [0.2, 0.25) is 0 Å². The van der Waals surface area contributed by atoms with Gasteiger partial charge < -0.3 is 20.3 Å². The second kappa shape index (κ2) is 15.4. The number of halogens is 1. The molecule has 1 heterocycles. The van der Waals surface area contributed by atoms with E-state index in [0.29, 0.717) is 6.10 Å². The Morgan fingerprint density at radius 3 is 2.43 bits per heavy atom. The number of aliphatic imine (C=N–C) groups is 1. The van der Waals surface area contributed by atoms with Crippen LogP contribution in [0.25, 0.3) is 0 Å². The first-order valence-electron chi connectivity index (χ1n) is 9.16. The van der Waals surface area contributed by atoms with Gasteiger partial charge in [-0.3, -0.25) is 4.99 Å². The van der Waals surface area contributed by atoms with Crippen molar-refractivity contribution in [3.63, 3.8) is 0 Å². The Hall–Kier alpha value is -0.0800. The Morgan fingerprint density at radius 1 is 1.13 bits per heavy atom. The van der Waals surface area contributed by atoms with Crippen molar-refractivity contribution in [1.29, 1.82) is 0 Å². The van der Waals surface area contributed by atoms with Crippen molar-refractivity contribution < 1.29 is 4.74 Å². The summed E-state index contributed by atoms with van der Waals surface area (Å²) in [5.74, 6) is 0.926. The highest BCUT2D eigenvalue weighted by Crippen LogP contribution is 2.11. The molecule has 0 saturated carbocycles. The van der Waals surface area contributed by atoms with E-state index in [4.69, 9.17) is 4.74 Å². The highest BCUT2D eigenvalue weighted by molar-refractivity contribution is 14.0. The van der Waals surface area contributed by atoms with Crippen LogP contribution in [0.4, 0.5) is 0 Å². The normalized spacial score (nSPS) is 18.1. The molecule has 0 spiro atoms.